The molecule has 0 aliphatic heterocycles. The van der Waals surface area contributed by atoms with Gasteiger partial charge in [0.2, 0.25) is 5.91 Å². The molecule has 1 N–H and O–H groups in total. The van der Waals surface area contributed by atoms with Gasteiger partial charge in [0, 0.05) is 17.6 Å². The third-order valence-electron chi connectivity index (χ3n) is 7.39. The van der Waals surface area contributed by atoms with Crippen molar-refractivity contribution in [2.75, 3.05) is 0 Å². The van der Waals surface area contributed by atoms with Gasteiger partial charge in [-0.25, -0.2) is 0 Å². The molecule has 0 radical (unpaired) electrons. The Morgan fingerprint density at radius 1 is 1.20 bits per heavy atom. The Kier molecular flexibility index (Phi) is 5.16. The lowest BCUT2D eigenvalue weighted by molar-refractivity contribution is -0.126. The first-order valence-corrected chi connectivity index (χ1v) is 12.3. The van der Waals surface area contributed by atoms with Gasteiger partial charge in [0.05, 0.1) is 5.25 Å². The van der Waals surface area contributed by atoms with Gasteiger partial charge in [0.15, 0.2) is 11.0 Å². The predicted octanol–water partition coefficient (Wildman–Crippen LogP) is 4.84. The summed E-state index contributed by atoms with van der Waals surface area (Å²) < 4.78 is 2.12. The summed E-state index contributed by atoms with van der Waals surface area (Å²) in [7, 11) is 0. The summed E-state index contributed by atoms with van der Waals surface area (Å²) in [4.78, 5) is 13.2. The molecule has 30 heavy (non-hydrogen) atoms. The van der Waals surface area contributed by atoms with E-state index in [9.17, 15) is 4.79 Å². The standard InChI is InChI=1S/C24H32N4OS/c1-4-28-21(20-7-5-6-15(2)8-20)26-27-23(28)30-16(3)22(29)25-24-12-17-9-18(13-24)11-19(10-17)14-24/h5-8,16-19H,4,9-14H2,1-3H3,(H,25,29). The molecule has 4 saturated carbocycles. The minimum atomic E-state index is -0.183. The highest BCUT2D eigenvalue weighted by Crippen LogP contribution is 2.55. The number of rotatable bonds is 6. The number of carbonyl (C=O) groups excluding carboxylic acids is 1. The molecule has 5 nitrogen and oxygen atoms in total. The molecule has 1 heterocycles. The fourth-order valence-electron chi connectivity index (χ4n) is 6.50. The Bertz CT molecular complexity index is 917. The van der Waals surface area contributed by atoms with Crippen LogP contribution in [0.15, 0.2) is 29.4 Å². The van der Waals surface area contributed by atoms with Crippen LogP contribution in [0, 0.1) is 24.7 Å². The van der Waals surface area contributed by atoms with Crippen molar-refractivity contribution in [3.05, 3.63) is 29.8 Å². The molecule has 0 spiro atoms. The van der Waals surface area contributed by atoms with E-state index in [0.29, 0.717) is 0 Å². The number of aromatic nitrogens is 3. The maximum atomic E-state index is 13.2. The second-order valence-corrected chi connectivity index (χ2v) is 11.2. The summed E-state index contributed by atoms with van der Waals surface area (Å²) in [6.45, 7) is 6.97. The van der Waals surface area contributed by atoms with Crippen LogP contribution in [-0.4, -0.2) is 31.5 Å². The van der Waals surface area contributed by atoms with Gasteiger partial charge in [-0.3, -0.25) is 4.79 Å². The molecule has 4 aliphatic rings. The van der Waals surface area contributed by atoms with E-state index in [2.05, 4.69) is 52.1 Å². The minimum Gasteiger partial charge on any atom is -0.350 e. The fourth-order valence-corrected chi connectivity index (χ4v) is 7.41. The molecule has 6 heteroatoms. The average Bonchev–Trinajstić information content (AvgIpc) is 3.09. The summed E-state index contributed by atoms with van der Waals surface area (Å²) in [6.07, 6.45) is 7.72. The zero-order valence-corrected chi connectivity index (χ0v) is 19.0. The first kappa shape index (κ1) is 20.1. The van der Waals surface area contributed by atoms with Crippen LogP contribution in [0.5, 0.6) is 0 Å². The van der Waals surface area contributed by atoms with Crippen molar-refractivity contribution in [3.63, 3.8) is 0 Å². The van der Waals surface area contributed by atoms with Gasteiger partial charge < -0.3 is 9.88 Å². The van der Waals surface area contributed by atoms with E-state index < -0.39 is 0 Å². The van der Waals surface area contributed by atoms with Gasteiger partial charge in [-0.1, -0.05) is 35.5 Å². The Balaban J connectivity index is 1.30. The second-order valence-electron chi connectivity index (χ2n) is 9.87. The van der Waals surface area contributed by atoms with E-state index in [0.717, 1.165) is 40.8 Å². The van der Waals surface area contributed by atoms with Crippen LogP contribution in [0.1, 0.15) is 57.9 Å². The van der Waals surface area contributed by atoms with Gasteiger partial charge in [0.1, 0.15) is 0 Å². The van der Waals surface area contributed by atoms with Crippen LogP contribution in [0.2, 0.25) is 0 Å². The largest absolute Gasteiger partial charge is 0.350 e. The van der Waals surface area contributed by atoms with E-state index in [1.165, 1.54) is 55.9 Å². The number of benzene rings is 1. The Labute approximate surface area is 183 Å². The third-order valence-corrected chi connectivity index (χ3v) is 8.47. The highest BCUT2D eigenvalue weighted by molar-refractivity contribution is 8.00. The first-order valence-electron chi connectivity index (χ1n) is 11.4. The minimum absolute atomic E-state index is 0.0613. The Morgan fingerprint density at radius 2 is 1.87 bits per heavy atom. The van der Waals surface area contributed by atoms with Crippen molar-refractivity contribution in [1.29, 1.82) is 0 Å². The van der Waals surface area contributed by atoms with Crippen LogP contribution in [0.4, 0.5) is 0 Å². The molecule has 1 aromatic carbocycles. The second kappa shape index (κ2) is 7.70. The van der Waals surface area contributed by atoms with Gasteiger partial charge in [0.25, 0.3) is 0 Å². The molecule has 4 bridgehead atoms. The average molecular weight is 425 g/mol. The maximum Gasteiger partial charge on any atom is 0.233 e. The topological polar surface area (TPSA) is 59.8 Å². The van der Waals surface area contributed by atoms with Crippen LogP contribution in [-0.2, 0) is 11.3 Å². The summed E-state index contributed by atoms with van der Waals surface area (Å²) in [5.74, 6) is 3.53. The van der Waals surface area contributed by atoms with Crippen LogP contribution < -0.4 is 5.32 Å². The monoisotopic (exact) mass is 424 g/mol. The van der Waals surface area contributed by atoms with Crippen molar-refractivity contribution in [3.8, 4) is 11.4 Å². The normalized spacial score (nSPS) is 30.4. The molecule has 0 saturated heterocycles. The lowest BCUT2D eigenvalue weighted by Gasteiger charge is -2.57. The molecule has 4 fully saturated rings. The number of thioether (sulfide) groups is 1. The van der Waals surface area contributed by atoms with Gasteiger partial charge >= 0.3 is 0 Å². The lowest BCUT2D eigenvalue weighted by atomic mass is 9.53. The fraction of sp³-hybridized carbons (Fsp3) is 0.625. The van der Waals surface area contributed by atoms with Crippen molar-refractivity contribution >= 4 is 17.7 Å². The van der Waals surface area contributed by atoms with Gasteiger partial charge in [-0.05, 0) is 83.1 Å². The van der Waals surface area contributed by atoms with E-state index in [4.69, 9.17) is 0 Å². The molecule has 1 atom stereocenters. The van der Waals surface area contributed by atoms with E-state index in [1.54, 1.807) is 0 Å². The quantitative estimate of drug-likeness (QED) is 0.674. The van der Waals surface area contributed by atoms with Crippen molar-refractivity contribution in [2.24, 2.45) is 17.8 Å². The number of aryl methyl sites for hydroxylation is 1. The molecule has 1 amide bonds. The molecule has 2 aromatic rings. The SMILES string of the molecule is CCn1c(SC(C)C(=O)NC23CC4CC(CC(C4)C2)C3)nnc1-c1cccc(C)c1. The number of nitrogens with one attached hydrogen (secondary N) is 1. The first-order chi connectivity index (χ1) is 14.4. The summed E-state index contributed by atoms with van der Waals surface area (Å²) in [5.41, 5.74) is 2.34. The predicted molar refractivity (Wildman–Crippen MR) is 120 cm³/mol. The Hall–Kier alpha value is -1.82. The Morgan fingerprint density at radius 3 is 2.47 bits per heavy atom. The lowest BCUT2D eigenvalue weighted by Crippen LogP contribution is -2.60. The molecule has 6 rings (SSSR count). The third kappa shape index (κ3) is 3.68. The molecule has 4 aliphatic carbocycles. The smallest absolute Gasteiger partial charge is 0.233 e. The molecule has 160 valence electrons. The highest BCUT2D eigenvalue weighted by Gasteiger charge is 2.51. The van der Waals surface area contributed by atoms with Crippen molar-refractivity contribution in [1.82, 2.24) is 20.1 Å². The number of hydrogen-bond donors (Lipinski definition) is 1. The summed E-state index contributed by atoms with van der Waals surface area (Å²) >= 11 is 1.53. The molecule has 1 aromatic heterocycles. The van der Waals surface area contributed by atoms with Gasteiger partial charge in [-0.2, -0.15) is 0 Å². The zero-order valence-electron chi connectivity index (χ0n) is 18.2. The molecular formula is C24H32N4OS. The number of carbonyl (C=O) groups is 1. The molecule has 1 unspecified atom stereocenters. The molecular weight excluding hydrogens is 392 g/mol. The van der Waals surface area contributed by atoms with Crippen LogP contribution in [0.3, 0.4) is 0 Å². The van der Waals surface area contributed by atoms with Crippen molar-refractivity contribution in [2.45, 2.75) is 81.8 Å². The maximum absolute atomic E-state index is 13.2. The van der Waals surface area contributed by atoms with E-state index in [-0.39, 0.29) is 16.7 Å². The number of hydrogen-bond acceptors (Lipinski definition) is 4. The van der Waals surface area contributed by atoms with Crippen LogP contribution >= 0.6 is 11.8 Å². The number of amides is 1. The van der Waals surface area contributed by atoms with Gasteiger partial charge in [-0.15, -0.1) is 10.2 Å². The van der Waals surface area contributed by atoms with Crippen molar-refractivity contribution < 1.29 is 4.79 Å². The zero-order chi connectivity index (χ0) is 20.9. The number of nitrogens with zero attached hydrogens (tertiary/aromatic N) is 3. The van der Waals surface area contributed by atoms with E-state index >= 15 is 0 Å². The van der Waals surface area contributed by atoms with Crippen LogP contribution in [0.25, 0.3) is 11.4 Å². The summed E-state index contributed by atoms with van der Waals surface area (Å²) in [6, 6.07) is 8.34. The highest BCUT2D eigenvalue weighted by atomic mass is 32.2. The van der Waals surface area contributed by atoms with E-state index in [1.807, 2.05) is 13.0 Å². The summed E-state index contributed by atoms with van der Waals surface area (Å²) in [5, 5.41) is 13.0.